The number of piperazine rings is 1. The molecule has 0 aliphatic carbocycles. The standard InChI is InChI=1S/C23H21N5/c24-15-19-5-1-4-18(14-19)9-10-21-7-2-8-22-17-27(12-13-28(21)22)23-20(16-25)6-3-11-26-23/h1,3-6,11,14,21-22H,2,7-8,12-13,17H2/t21-,22+/m1/s1. The number of nitriles is 2. The van der Waals surface area contributed by atoms with Gasteiger partial charge in [-0.15, -0.1) is 0 Å². The van der Waals surface area contributed by atoms with Crippen molar-refractivity contribution in [2.24, 2.45) is 0 Å². The van der Waals surface area contributed by atoms with Gasteiger partial charge >= 0.3 is 0 Å². The summed E-state index contributed by atoms with van der Waals surface area (Å²) in [6.45, 7) is 2.65. The van der Waals surface area contributed by atoms with Gasteiger partial charge in [0.05, 0.1) is 23.2 Å². The molecule has 0 radical (unpaired) electrons. The lowest BCUT2D eigenvalue weighted by molar-refractivity contribution is 0.100. The summed E-state index contributed by atoms with van der Waals surface area (Å²) in [5, 5.41) is 18.4. The van der Waals surface area contributed by atoms with Crippen LogP contribution in [-0.4, -0.2) is 41.6 Å². The second kappa shape index (κ2) is 8.13. The predicted molar refractivity (Wildman–Crippen MR) is 107 cm³/mol. The minimum absolute atomic E-state index is 0.241. The van der Waals surface area contributed by atoms with E-state index < -0.39 is 0 Å². The van der Waals surface area contributed by atoms with Crippen molar-refractivity contribution in [1.82, 2.24) is 9.88 Å². The normalized spacial score (nSPS) is 21.6. The predicted octanol–water partition coefficient (Wildman–Crippen LogP) is 2.92. The van der Waals surface area contributed by atoms with E-state index in [0.717, 1.165) is 50.3 Å². The molecule has 1 aromatic carbocycles. The Morgan fingerprint density at radius 3 is 2.75 bits per heavy atom. The lowest BCUT2D eigenvalue weighted by Crippen LogP contribution is -2.58. The number of piperidine rings is 1. The van der Waals surface area contributed by atoms with Crippen LogP contribution in [-0.2, 0) is 0 Å². The van der Waals surface area contributed by atoms with Crippen LogP contribution in [0.5, 0.6) is 0 Å². The molecule has 3 heterocycles. The second-order valence-corrected chi connectivity index (χ2v) is 7.23. The van der Waals surface area contributed by atoms with Gasteiger partial charge in [0.1, 0.15) is 11.9 Å². The van der Waals surface area contributed by atoms with Gasteiger partial charge in [-0.3, -0.25) is 4.90 Å². The van der Waals surface area contributed by atoms with E-state index in [4.69, 9.17) is 5.26 Å². The summed E-state index contributed by atoms with van der Waals surface area (Å²) in [4.78, 5) is 9.20. The molecule has 1 aromatic heterocycles. The van der Waals surface area contributed by atoms with E-state index in [-0.39, 0.29) is 6.04 Å². The summed E-state index contributed by atoms with van der Waals surface area (Å²) in [6.07, 6.45) is 5.13. The highest BCUT2D eigenvalue weighted by atomic mass is 15.3. The molecule has 0 N–H and O–H groups in total. The zero-order valence-corrected chi connectivity index (χ0v) is 15.7. The van der Waals surface area contributed by atoms with Gasteiger partial charge in [-0.25, -0.2) is 4.98 Å². The van der Waals surface area contributed by atoms with Crippen LogP contribution >= 0.6 is 0 Å². The van der Waals surface area contributed by atoms with Crippen LogP contribution in [0.3, 0.4) is 0 Å². The van der Waals surface area contributed by atoms with Crippen molar-refractivity contribution >= 4 is 5.82 Å². The summed E-state index contributed by atoms with van der Waals surface area (Å²) < 4.78 is 0. The first-order valence-corrected chi connectivity index (χ1v) is 9.66. The van der Waals surface area contributed by atoms with Crippen LogP contribution in [0.1, 0.15) is 36.0 Å². The fourth-order valence-corrected chi connectivity index (χ4v) is 4.17. The molecule has 28 heavy (non-hydrogen) atoms. The number of benzene rings is 1. The Balaban J connectivity index is 1.50. The molecule has 0 saturated carbocycles. The molecule has 138 valence electrons. The van der Waals surface area contributed by atoms with E-state index >= 15 is 0 Å². The van der Waals surface area contributed by atoms with Crippen molar-refractivity contribution in [3.63, 3.8) is 0 Å². The average Bonchev–Trinajstić information content (AvgIpc) is 2.77. The van der Waals surface area contributed by atoms with E-state index in [1.807, 2.05) is 30.3 Å². The van der Waals surface area contributed by atoms with Gasteiger partial charge in [-0.1, -0.05) is 17.9 Å². The highest BCUT2D eigenvalue weighted by Gasteiger charge is 2.35. The topological polar surface area (TPSA) is 67.0 Å². The summed E-state index contributed by atoms with van der Waals surface area (Å²) in [5.74, 6) is 7.51. The van der Waals surface area contributed by atoms with Crippen molar-refractivity contribution in [2.45, 2.75) is 31.3 Å². The number of fused-ring (bicyclic) bond motifs is 1. The molecular weight excluding hydrogens is 346 g/mol. The van der Waals surface area contributed by atoms with Gasteiger partial charge in [-0.05, 0) is 49.6 Å². The third-order valence-electron chi connectivity index (χ3n) is 5.52. The van der Waals surface area contributed by atoms with Crippen molar-refractivity contribution in [1.29, 1.82) is 10.5 Å². The summed E-state index contributed by atoms with van der Waals surface area (Å²) in [6, 6.07) is 16.2. The Bertz CT molecular complexity index is 1000. The first-order valence-electron chi connectivity index (χ1n) is 9.66. The fourth-order valence-electron chi connectivity index (χ4n) is 4.17. The number of nitrogens with zero attached hydrogens (tertiary/aromatic N) is 5. The molecule has 2 aliphatic rings. The van der Waals surface area contributed by atoms with Crippen molar-refractivity contribution in [2.75, 3.05) is 24.5 Å². The largest absolute Gasteiger partial charge is 0.353 e. The highest BCUT2D eigenvalue weighted by molar-refractivity contribution is 5.54. The zero-order valence-electron chi connectivity index (χ0n) is 15.7. The lowest BCUT2D eigenvalue weighted by Gasteiger charge is -2.47. The summed E-state index contributed by atoms with van der Waals surface area (Å²) in [7, 11) is 0. The first kappa shape index (κ1) is 18.1. The summed E-state index contributed by atoms with van der Waals surface area (Å²) in [5.41, 5.74) is 2.18. The van der Waals surface area contributed by atoms with E-state index in [1.54, 1.807) is 12.3 Å². The molecule has 0 amide bonds. The molecule has 0 bridgehead atoms. The zero-order chi connectivity index (χ0) is 19.3. The Kier molecular flexibility index (Phi) is 5.24. The molecule has 5 nitrogen and oxygen atoms in total. The fraction of sp³-hybridized carbons (Fsp3) is 0.348. The van der Waals surface area contributed by atoms with E-state index in [2.05, 4.69) is 38.8 Å². The number of hydrogen-bond acceptors (Lipinski definition) is 5. The Morgan fingerprint density at radius 1 is 1.00 bits per heavy atom. The van der Waals surface area contributed by atoms with Gasteiger partial charge in [-0.2, -0.15) is 10.5 Å². The van der Waals surface area contributed by atoms with Crippen LogP contribution < -0.4 is 4.90 Å². The molecule has 2 fully saturated rings. The second-order valence-electron chi connectivity index (χ2n) is 7.23. The number of rotatable bonds is 1. The maximum Gasteiger partial charge on any atom is 0.146 e. The Morgan fingerprint density at radius 2 is 1.89 bits per heavy atom. The third-order valence-corrected chi connectivity index (χ3v) is 5.52. The van der Waals surface area contributed by atoms with Crippen molar-refractivity contribution < 1.29 is 0 Å². The maximum atomic E-state index is 9.37. The maximum absolute atomic E-state index is 9.37. The van der Waals surface area contributed by atoms with Gasteiger partial charge in [0.2, 0.25) is 0 Å². The molecule has 0 spiro atoms. The lowest BCUT2D eigenvalue weighted by atomic mass is 9.93. The molecule has 0 unspecified atom stereocenters. The number of aromatic nitrogens is 1. The highest BCUT2D eigenvalue weighted by Crippen LogP contribution is 2.28. The van der Waals surface area contributed by atoms with Crippen LogP contribution in [0.15, 0.2) is 42.6 Å². The van der Waals surface area contributed by atoms with Crippen LogP contribution in [0.2, 0.25) is 0 Å². The average molecular weight is 367 g/mol. The first-order chi connectivity index (χ1) is 13.8. The van der Waals surface area contributed by atoms with Crippen molar-refractivity contribution in [3.05, 3.63) is 59.3 Å². The van der Waals surface area contributed by atoms with Gasteiger partial charge < -0.3 is 4.90 Å². The molecule has 2 aromatic rings. The molecule has 5 heteroatoms. The van der Waals surface area contributed by atoms with E-state index in [1.165, 1.54) is 0 Å². The third kappa shape index (κ3) is 3.70. The number of pyridine rings is 1. The van der Waals surface area contributed by atoms with Gasteiger partial charge in [0.25, 0.3) is 0 Å². The summed E-state index contributed by atoms with van der Waals surface area (Å²) >= 11 is 0. The van der Waals surface area contributed by atoms with Crippen molar-refractivity contribution in [3.8, 4) is 24.0 Å². The number of anilines is 1. The van der Waals surface area contributed by atoms with E-state index in [9.17, 15) is 5.26 Å². The molecule has 2 saturated heterocycles. The SMILES string of the molecule is N#Cc1cccc(C#C[C@H]2CCC[C@H]3CN(c4ncccc4C#N)CCN32)c1. The molecular formula is C23H21N5. The van der Waals surface area contributed by atoms with Crippen LogP contribution in [0, 0.1) is 34.5 Å². The Labute approximate surface area is 165 Å². The number of hydrogen-bond donors (Lipinski definition) is 0. The minimum Gasteiger partial charge on any atom is -0.353 e. The van der Waals surface area contributed by atoms with Crippen LogP contribution in [0.25, 0.3) is 0 Å². The smallest absolute Gasteiger partial charge is 0.146 e. The Hall–Kier alpha value is -3.33. The molecule has 2 atom stereocenters. The van der Waals surface area contributed by atoms with Gasteiger partial charge in [0, 0.05) is 37.4 Å². The van der Waals surface area contributed by atoms with Gasteiger partial charge in [0.15, 0.2) is 0 Å². The minimum atomic E-state index is 0.241. The van der Waals surface area contributed by atoms with E-state index in [0.29, 0.717) is 17.2 Å². The van der Waals surface area contributed by atoms with Crippen LogP contribution in [0.4, 0.5) is 5.82 Å². The monoisotopic (exact) mass is 367 g/mol. The molecule has 4 rings (SSSR count). The molecule has 2 aliphatic heterocycles. The quantitative estimate of drug-likeness (QED) is 0.725.